The third-order valence-electron chi connectivity index (χ3n) is 5.56. The fraction of sp³-hybridized carbons (Fsp3) is 0.222. The molecule has 186 valence electrons. The smallest absolute Gasteiger partial charge is 0.242 e. The lowest BCUT2D eigenvalue weighted by molar-refractivity contribution is -0.128. The number of amides is 2. The molecule has 0 radical (unpaired) electrons. The van der Waals surface area contributed by atoms with Crippen LogP contribution >= 0.6 is 11.8 Å². The number of nitrogens with zero attached hydrogens (tertiary/aromatic N) is 2. The fourth-order valence-corrected chi connectivity index (χ4v) is 4.76. The molecule has 4 rings (SSSR count). The first kappa shape index (κ1) is 25.1. The van der Waals surface area contributed by atoms with Crippen molar-refractivity contribution in [2.75, 3.05) is 26.6 Å². The summed E-state index contributed by atoms with van der Waals surface area (Å²) in [6, 6.07) is 21.8. The lowest BCUT2D eigenvalue weighted by Gasteiger charge is -2.17. The molecule has 1 fully saturated rings. The number of ether oxygens (including phenoxy) is 3. The molecule has 36 heavy (non-hydrogen) atoms. The molecule has 3 aromatic rings. The minimum Gasteiger partial charge on any atom is -0.497 e. The van der Waals surface area contributed by atoms with Gasteiger partial charge in [0.15, 0.2) is 5.17 Å². The average Bonchev–Trinajstić information content (AvgIpc) is 3.18. The largest absolute Gasteiger partial charge is 0.497 e. The van der Waals surface area contributed by atoms with Crippen molar-refractivity contribution in [1.82, 2.24) is 4.90 Å². The van der Waals surface area contributed by atoms with Crippen LogP contribution in [-0.4, -0.2) is 48.5 Å². The average molecular weight is 506 g/mol. The van der Waals surface area contributed by atoms with Crippen LogP contribution in [0.1, 0.15) is 12.0 Å². The summed E-state index contributed by atoms with van der Waals surface area (Å²) in [7, 11) is 4.79. The maximum Gasteiger partial charge on any atom is 0.242 e. The molecule has 8 nitrogen and oxygen atoms in total. The number of methoxy groups -OCH3 is 3. The van der Waals surface area contributed by atoms with Gasteiger partial charge in [0, 0.05) is 12.1 Å². The first-order valence-corrected chi connectivity index (χ1v) is 12.1. The first-order valence-electron chi connectivity index (χ1n) is 11.3. The number of aliphatic imine (C=N–C) groups is 1. The molecule has 1 saturated heterocycles. The molecule has 1 aliphatic heterocycles. The van der Waals surface area contributed by atoms with Gasteiger partial charge in [0.05, 0.1) is 33.6 Å². The van der Waals surface area contributed by atoms with E-state index in [2.05, 4.69) is 5.32 Å². The van der Waals surface area contributed by atoms with E-state index >= 15 is 0 Å². The van der Waals surface area contributed by atoms with Crippen molar-refractivity contribution >= 4 is 40.1 Å². The summed E-state index contributed by atoms with van der Waals surface area (Å²) in [5, 5.41) is 2.81. The van der Waals surface area contributed by atoms with E-state index in [4.69, 9.17) is 19.2 Å². The molecule has 0 saturated carbocycles. The molecule has 0 bridgehead atoms. The van der Waals surface area contributed by atoms with Gasteiger partial charge in [0.1, 0.15) is 22.5 Å². The van der Waals surface area contributed by atoms with Crippen LogP contribution in [0.5, 0.6) is 17.2 Å². The number of carbonyl (C=O) groups excluding carboxylic acids is 2. The summed E-state index contributed by atoms with van der Waals surface area (Å²) in [4.78, 5) is 32.5. The number of benzene rings is 3. The molecule has 1 N–H and O–H groups in total. The maximum atomic E-state index is 13.4. The van der Waals surface area contributed by atoms with Crippen molar-refractivity contribution in [3.63, 3.8) is 0 Å². The lowest BCUT2D eigenvalue weighted by atomic mass is 10.2. The number of carbonyl (C=O) groups is 2. The fourth-order valence-electron chi connectivity index (χ4n) is 3.61. The van der Waals surface area contributed by atoms with Gasteiger partial charge in [0.2, 0.25) is 11.8 Å². The van der Waals surface area contributed by atoms with E-state index in [1.165, 1.54) is 11.8 Å². The zero-order valence-corrected chi connectivity index (χ0v) is 21.1. The van der Waals surface area contributed by atoms with Crippen LogP contribution in [0.4, 0.5) is 11.4 Å². The Morgan fingerprint density at radius 1 is 0.861 bits per heavy atom. The third kappa shape index (κ3) is 6.17. The number of rotatable bonds is 9. The van der Waals surface area contributed by atoms with Crippen molar-refractivity contribution in [1.29, 1.82) is 0 Å². The molecule has 9 heteroatoms. The molecule has 1 atom stereocenters. The van der Waals surface area contributed by atoms with E-state index in [1.54, 1.807) is 50.5 Å². The molecule has 0 aromatic heterocycles. The van der Waals surface area contributed by atoms with Crippen molar-refractivity contribution < 1.29 is 23.8 Å². The Morgan fingerprint density at radius 2 is 1.39 bits per heavy atom. The molecular weight excluding hydrogens is 478 g/mol. The van der Waals surface area contributed by atoms with Gasteiger partial charge in [-0.2, -0.15) is 0 Å². The van der Waals surface area contributed by atoms with Gasteiger partial charge in [-0.25, -0.2) is 4.99 Å². The highest BCUT2D eigenvalue weighted by Gasteiger charge is 2.39. The summed E-state index contributed by atoms with van der Waals surface area (Å²) in [6.45, 7) is 0.335. The Labute approximate surface area is 214 Å². The van der Waals surface area contributed by atoms with Gasteiger partial charge in [-0.05, 0) is 66.2 Å². The number of nitrogens with one attached hydrogen (secondary N) is 1. The van der Waals surface area contributed by atoms with E-state index in [9.17, 15) is 9.59 Å². The standard InChI is InChI=1S/C27H27N3O5S/c1-33-21-10-4-18(5-11-21)17-30-26(32)24(16-25(31)28-19-6-12-22(34-2)13-7-19)36-27(30)29-20-8-14-23(35-3)15-9-20/h4-15,24H,16-17H2,1-3H3,(H,28,31)/t24-/m0/s1. The normalized spacial score (nSPS) is 16.2. The number of amidine groups is 1. The summed E-state index contributed by atoms with van der Waals surface area (Å²) < 4.78 is 15.6. The highest BCUT2D eigenvalue weighted by molar-refractivity contribution is 8.15. The van der Waals surface area contributed by atoms with Crippen molar-refractivity contribution in [3.8, 4) is 17.2 Å². The quantitative estimate of drug-likeness (QED) is 0.446. The van der Waals surface area contributed by atoms with Gasteiger partial charge >= 0.3 is 0 Å². The molecule has 1 heterocycles. The van der Waals surface area contributed by atoms with E-state index in [1.807, 2.05) is 48.5 Å². The first-order chi connectivity index (χ1) is 17.5. The second-order valence-electron chi connectivity index (χ2n) is 7.95. The van der Waals surface area contributed by atoms with Crippen molar-refractivity contribution in [3.05, 3.63) is 78.4 Å². The second-order valence-corrected chi connectivity index (χ2v) is 9.12. The molecule has 3 aromatic carbocycles. The number of hydrogen-bond donors (Lipinski definition) is 1. The SMILES string of the molecule is COc1ccc(CN2C(=O)[C@H](CC(=O)Nc3ccc(OC)cc3)SC2=Nc2ccc(OC)cc2)cc1. The van der Waals surface area contributed by atoms with Crippen LogP contribution in [0, 0.1) is 0 Å². The molecule has 2 amide bonds. The molecule has 0 unspecified atom stereocenters. The van der Waals surface area contributed by atoms with E-state index in [-0.39, 0.29) is 18.2 Å². The van der Waals surface area contributed by atoms with Crippen LogP contribution in [0.3, 0.4) is 0 Å². The van der Waals surface area contributed by atoms with Crippen LogP contribution in [0.15, 0.2) is 77.8 Å². The van der Waals surface area contributed by atoms with Gasteiger partial charge in [-0.1, -0.05) is 23.9 Å². The molecule has 1 aliphatic rings. The predicted molar refractivity (Wildman–Crippen MR) is 141 cm³/mol. The Morgan fingerprint density at radius 3 is 1.94 bits per heavy atom. The summed E-state index contributed by atoms with van der Waals surface area (Å²) in [5.74, 6) is 1.75. The second kappa shape index (κ2) is 11.6. The highest BCUT2D eigenvalue weighted by atomic mass is 32.2. The number of thioether (sulfide) groups is 1. The van der Waals surface area contributed by atoms with E-state index in [0.29, 0.717) is 28.8 Å². The molecule has 0 spiro atoms. The van der Waals surface area contributed by atoms with Gasteiger partial charge < -0.3 is 19.5 Å². The monoisotopic (exact) mass is 505 g/mol. The Hall–Kier alpha value is -3.98. The Kier molecular flexibility index (Phi) is 8.12. The Bertz CT molecular complexity index is 1230. The minimum absolute atomic E-state index is 0.0241. The third-order valence-corrected chi connectivity index (χ3v) is 6.74. The number of hydrogen-bond acceptors (Lipinski definition) is 7. The van der Waals surface area contributed by atoms with Crippen LogP contribution in [0.25, 0.3) is 0 Å². The maximum absolute atomic E-state index is 13.4. The van der Waals surface area contributed by atoms with Crippen molar-refractivity contribution in [2.45, 2.75) is 18.2 Å². The van der Waals surface area contributed by atoms with Crippen LogP contribution < -0.4 is 19.5 Å². The predicted octanol–water partition coefficient (Wildman–Crippen LogP) is 4.87. The molecular formula is C27H27N3O5S. The van der Waals surface area contributed by atoms with E-state index < -0.39 is 5.25 Å². The van der Waals surface area contributed by atoms with Gasteiger partial charge in [-0.15, -0.1) is 0 Å². The summed E-state index contributed by atoms with van der Waals surface area (Å²) >= 11 is 1.29. The summed E-state index contributed by atoms with van der Waals surface area (Å²) in [6.07, 6.45) is 0.0241. The summed E-state index contributed by atoms with van der Waals surface area (Å²) in [5.41, 5.74) is 2.25. The van der Waals surface area contributed by atoms with Crippen LogP contribution in [-0.2, 0) is 16.1 Å². The van der Waals surface area contributed by atoms with E-state index in [0.717, 1.165) is 17.1 Å². The van der Waals surface area contributed by atoms with Crippen LogP contribution in [0.2, 0.25) is 0 Å². The zero-order valence-electron chi connectivity index (χ0n) is 20.3. The highest BCUT2D eigenvalue weighted by Crippen LogP contribution is 2.33. The number of anilines is 1. The Balaban J connectivity index is 1.52. The zero-order chi connectivity index (χ0) is 25.5. The minimum atomic E-state index is -0.585. The molecule has 0 aliphatic carbocycles. The topological polar surface area (TPSA) is 89.5 Å². The van der Waals surface area contributed by atoms with Gasteiger partial charge in [0.25, 0.3) is 0 Å². The lowest BCUT2D eigenvalue weighted by Crippen LogP contribution is -2.33. The van der Waals surface area contributed by atoms with Gasteiger partial charge in [-0.3, -0.25) is 14.5 Å². The van der Waals surface area contributed by atoms with Crippen molar-refractivity contribution in [2.24, 2.45) is 4.99 Å².